The number of aromatic nitrogens is 4. The van der Waals surface area contributed by atoms with Crippen molar-refractivity contribution in [2.75, 3.05) is 49.1 Å². The first-order chi connectivity index (χ1) is 15.6. The summed E-state index contributed by atoms with van der Waals surface area (Å²) in [4.78, 5) is 35.8. The summed E-state index contributed by atoms with van der Waals surface area (Å²) >= 11 is 0. The van der Waals surface area contributed by atoms with Crippen molar-refractivity contribution in [3.8, 4) is 11.8 Å². The van der Waals surface area contributed by atoms with Crippen LogP contribution in [0.15, 0.2) is 4.79 Å². The molecular weight excluding hydrogens is 443 g/mol. The van der Waals surface area contributed by atoms with Gasteiger partial charge in [0.1, 0.15) is 0 Å². The number of halogens is 3. The Labute approximate surface area is 189 Å². The minimum Gasteiger partial charge on any atom is -0.475 e. The van der Waals surface area contributed by atoms with Gasteiger partial charge in [-0.25, -0.2) is 4.79 Å². The fraction of sp³-hybridized carbons (Fsp3) is 0.600. The molecule has 1 aliphatic heterocycles. The Kier molecular flexibility index (Phi) is 8.69. The lowest BCUT2D eigenvalue weighted by Gasteiger charge is -2.28. The van der Waals surface area contributed by atoms with Gasteiger partial charge in [-0.05, 0) is 20.8 Å². The molecule has 33 heavy (non-hydrogen) atoms. The summed E-state index contributed by atoms with van der Waals surface area (Å²) in [5, 5.41) is 10.5. The second-order valence-electron chi connectivity index (χ2n) is 7.09. The minimum atomic E-state index is -5.08. The van der Waals surface area contributed by atoms with E-state index in [4.69, 9.17) is 19.9 Å². The van der Waals surface area contributed by atoms with E-state index in [-0.39, 0.29) is 5.56 Å². The number of hydrogen-bond acceptors (Lipinski definition) is 7. The van der Waals surface area contributed by atoms with Gasteiger partial charge in [0.25, 0.3) is 5.56 Å². The van der Waals surface area contributed by atoms with Gasteiger partial charge in [-0.2, -0.15) is 23.1 Å². The second kappa shape index (κ2) is 11.0. The van der Waals surface area contributed by atoms with Gasteiger partial charge >= 0.3 is 12.1 Å². The fourth-order valence-electron chi connectivity index (χ4n) is 3.34. The predicted octanol–water partition coefficient (Wildman–Crippen LogP) is 1.04. The molecule has 2 N–H and O–H groups in total. The first kappa shape index (κ1) is 26.0. The Balaban J connectivity index is 0.000000479. The molecule has 1 fully saturated rings. The summed E-state index contributed by atoms with van der Waals surface area (Å²) in [6, 6.07) is 0. The molecule has 2 aromatic heterocycles. The number of nitrogens with zero attached hydrogens (tertiary/aromatic N) is 6. The number of alkyl halides is 3. The topological polar surface area (TPSA) is 109 Å². The van der Waals surface area contributed by atoms with Crippen LogP contribution in [0.2, 0.25) is 0 Å². The van der Waals surface area contributed by atoms with E-state index in [1.807, 2.05) is 4.57 Å². The molecule has 10 nitrogen and oxygen atoms in total. The Morgan fingerprint density at radius 2 is 1.79 bits per heavy atom. The molecule has 0 aliphatic carbocycles. The van der Waals surface area contributed by atoms with E-state index in [0.29, 0.717) is 23.7 Å². The maximum absolute atomic E-state index is 13.1. The van der Waals surface area contributed by atoms with Crippen LogP contribution in [-0.2, 0) is 18.4 Å². The monoisotopic (exact) mass is 471 g/mol. The zero-order valence-electron chi connectivity index (χ0n) is 19.0. The third-order valence-electron chi connectivity index (χ3n) is 5.04. The lowest BCUT2D eigenvalue weighted by Crippen LogP contribution is -2.44. The number of fused-ring (bicyclic) bond motifs is 1. The van der Waals surface area contributed by atoms with Crippen LogP contribution in [0.4, 0.5) is 25.1 Å². The molecule has 182 valence electrons. The summed E-state index contributed by atoms with van der Waals surface area (Å²) in [5.41, 5.74) is 0.949. The van der Waals surface area contributed by atoms with Crippen LogP contribution < -0.4 is 20.7 Å². The standard InChI is InChI=1S/C18H27N7O.C2HF3O2/c1-5-8-11-25-14-15(21-18(25)24-12-9-19-10-13-24)20-17(22(4)16(14)26)23(6-2)7-3;3-2(4,5)1(6)7/h19H,6-7,9-13H2,1-4H3;(H,6,7). The number of carboxylic acids is 1. The largest absolute Gasteiger partial charge is 0.490 e. The van der Waals surface area contributed by atoms with Crippen LogP contribution in [0.5, 0.6) is 0 Å². The van der Waals surface area contributed by atoms with Gasteiger partial charge in [0, 0.05) is 46.3 Å². The van der Waals surface area contributed by atoms with Gasteiger partial charge in [-0.3, -0.25) is 13.9 Å². The molecule has 0 amide bonds. The molecule has 1 saturated heterocycles. The summed E-state index contributed by atoms with van der Waals surface area (Å²) in [6.45, 7) is 11.4. The lowest BCUT2D eigenvalue weighted by atomic mass is 10.4. The number of hydrogen-bond donors (Lipinski definition) is 2. The van der Waals surface area contributed by atoms with Gasteiger partial charge in [-0.15, -0.1) is 5.92 Å². The molecule has 0 aromatic carbocycles. The van der Waals surface area contributed by atoms with Crippen LogP contribution in [0.25, 0.3) is 11.2 Å². The van der Waals surface area contributed by atoms with Crippen LogP contribution in [0, 0.1) is 11.8 Å². The van der Waals surface area contributed by atoms with Gasteiger partial charge in [0.15, 0.2) is 11.2 Å². The number of imidazole rings is 1. The third kappa shape index (κ3) is 5.95. The van der Waals surface area contributed by atoms with Crippen LogP contribution in [0.1, 0.15) is 20.8 Å². The quantitative estimate of drug-likeness (QED) is 0.623. The highest BCUT2D eigenvalue weighted by atomic mass is 19.4. The van der Waals surface area contributed by atoms with Gasteiger partial charge in [0.05, 0.1) is 6.54 Å². The zero-order valence-corrected chi connectivity index (χ0v) is 19.0. The van der Waals surface area contributed by atoms with Crippen LogP contribution >= 0.6 is 0 Å². The molecule has 3 rings (SSSR count). The predicted molar refractivity (Wildman–Crippen MR) is 119 cm³/mol. The smallest absolute Gasteiger partial charge is 0.475 e. The van der Waals surface area contributed by atoms with E-state index in [0.717, 1.165) is 45.2 Å². The Morgan fingerprint density at radius 3 is 2.27 bits per heavy atom. The molecule has 2 aromatic rings. The summed E-state index contributed by atoms with van der Waals surface area (Å²) in [6.07, 6.45) is -5.08. The average Bonchev–Trinajstić information content (AvgIpc) is 3.15. The number of rotatable bonds is 5. The van der Waals surface area contributed by atoms with Crippen molar-refractivity contribution in [1.29, 1.82) is 0 Å². The van der Waals surface area contributed by atoms with Crippen molar-refractivity contribution in [3.05, 3.63) is 10.4 Å². The second-order valence-corrected chi connectivity index (χ2v) is 7.09. The highest BCUT2D eigenvalue weighted by Gasteiger charge is 2.38. The van der Waals surface area contributed by atoms with Crippen LogP contribution in [-0.4, -0.2) is 75.6 Å². The molecule has 0 saturated carbocycles. The number of carboxylic acid groups (broad SMARTS) is 1. The van der Waals surface area contributed by atoms with E-state index in [9.17, 15) is 18.0 Å². The Hall–Kier alpha value is -3.27. The molecule has 13 heteroatoms. The van der Waals surface area contributed by atoms with E-state index in [1.54, 1.807) is 18.5 Å². The molecular formula is C20H28F3N7O3. The summed E-state index contributed by atoms with van der Waals surface area (Å²) < 4.78 is 35.3. The molecule has 0 atom stereocenters. The van der Waals surface area contributed by atoms with Crippen molar-refractivity contribution < 1.29 is 23.1 Å². The van der Waals surface area contributed by atoms with Crippen molar-refractivity contribution in [2.45, 2.75) is 33.5 Å². The molecule has 0 bridgehead atoms. The summed E-state index contributed by atoms with van der Waals surface area (Å²) in [7, 11) is 1.77. The Morgan fingerprint density at radius 1 is 1.21 bits per heavy atom. The molecule has 1 aliphatic rings. The first-order valence-corrected chi connectivity index (χ1v) is 10.4. The lowest BCUT2D eigenvalue weighted by molar-refractivity contribution is -0.192. The molecule has 3 heterocycles. The van der Waals surface area contributed by atoms with E-state index >= 15 is 0 Å². The third-order valence-corrected chi connectivity index (χ3v) is 5.04. The zero-order chi connectivity index (χ0) is 24.8. The maximum Gasteiger partial charge on any atom is 0.490 e. The number of carbonyl (C=O) groups is 1. The van der Waals surface area contributed by atoms with Gasteiger partial charge in [-0.1, -0.05) is 5.92 Å². The van der Waals surface area contributed by atoms with Gasteiger partial charge < -0.3 is 20.2 Å². The maximum atomic E-state index is 13.1. The van der Waals surface area contributed by atoms with Crippen molar-refractivity contribution in [3.63, 3.8) is 0 Å². The Bertz CT molecular complexity index is 1090. The highest BCUT2D eigenvalue weighted by molar-refractivity contribution is 5.76. The minimum absolute atomic E-state index is 0.0799. The number of aliphatic carboxylic acids is 1. The van der Waals surface area contributed by atoms with E-state index < -0.39 is 12.1 Å². The molecule has 0 spiro atoms. The highest BCUT2D eigenvalue weighted by Crippen LogP contribution is 2.22. The van der Waals surface area contributed by atoms with Crippen LogP contribution in [0.3, 0.4) is 0 Å². The van der Waals surface area contributed by atoms with Crippen molar-refractivity contribution >= 4 is 29.0 Å². The van der Waals surface area contributed by atoms with E-state index in [2.05, 4.69) is 40.8 Å². The summed E-state index contributed by atoms with van der Waals surface area (Å²) in [5.74, 6) is 4.67. The SMILES string of the molecule is CC#CCn1c(N2CCNCC2)nc2nc(N(CC)CC)n(C)c(=O)c21.O=C(O)C(F)(F)F. The number of anilines is 2. The van der Waals surface area contributed by atoms with Crippen molar-refractivity contribution in [1.82, 2.24) is 24.4 Å². The molecule has 0 radical (unpaired) electrons. The number of nitrogens with one attached hydrogen (secondary N) is 1. The first-order valence-electron chi connectivity index (χ1n) is 10.4. The number of piperazine rings is 1. The van der Waals surface area contributed by atoms with Gasteiger partial charge in [0.2, 0.25) is 11.9 Å². The van der Waals surface area contributed by atoms with E-state index in [1.165, 1.54) is 0 Å². The normalized spacial score (nSPS) is 13.7. The van der Waals surface area contributed by atoms with Crippen molar-refractivity contribution in [2.24, 2.45) is 7.05 Å². The average molecular weight is 471 g/mol. The fourth-order valence-corrected chi connectivity index (χ4v) is 3.34. The molecule has 0 unspecified atom stereocenters.